The molecule has 0 heterocycles. The molecule has 62 heavy (non-hydrogen) atoms. The molecule has 4 aromatic rings. The summed E-state index contributed by atoms with van der Waals surface area (Å²) in [5.41, 5.74) is 17.5. The summed E-state index contributed by atoms with van der Waals surface area (Å²) >= 11 is 0. The van der Waals surface area contributed by atoms with Crippen LogP contribution in [0.5, 0.6) is 0 Å². The van der Waals surface area contributed by atoms with Crippen LogP contribution in [0.1, 0.15) is 192 Å². The Bertz CT molecular complexity index is 2500. The number of carbonyl (C=O) groups is 3. The molecule has 0 unspecified atom stereocenters. The molecule has 4 aliphatic carbocycles. The van der Waals surface area contributed by atoms with Crippen LogP contribution < -0.4 is 0 Å². The smallest absolute Gasteiger partial charge is 0.166 e. The quantitative estimate of drug-likeness (QED) is 0.197. The van der Waals surface area contributed by atoms with Gasteiger partial charge in [-0.2, -0.15) is 0 Å². The van der Waals surface area contributed by atoms with Gasteiger partial charge in [-0.05, 0) is 152 Å². The predicted molar refractivity (Wildman–Crippen MR) is 257 cm³/mol. The second-order valence-corrected chi connectivity index (χ2v) is 21.4. The number of fused-ring (bicyclic) bond motifs is 2. The van der Waals surface area contributed by atoms with Crippen molar-refractivity contribution < 1.29 is 19.5 Å². The fraction of sp³-hybridized carbons (Fsp3) is 0.431. The van der Waals surface area contributed by atoms with Crippen molar-refractivity contribution in [1.82, 2.24) is 0 Å². The lowest BCUT2D eigenvalue weighted by molar-refractivity contribution is -0.131. The van der Waals surface area contributed by atoms with Gasteiger partial charge < -0.3 is 5.11 Å². The second-order valence-electron chi connectivity index (χ2n) is 21.4. The van der Waals surface area contributed by atoms with Crippen LogP contribution >= 0.6 is 0 Å². The van der Waals surface area contributed by atoms with Gasteiger partial charge in [0.05, 0.1) is 5.57 Å². The van der Waals surface area contributed by atoms with E-state index in [4.69, 9.17) is 0 Å². The molecule has 0 radical (unpaired) electrons. The molecule has 4 nitrogen and oxygen atoms in total. The zero-order chi connectivity index (χ0) is 45.1. The first-order valence-corrected chi connectivity index (χ1v) is 22.9. The molecule has 1 N–H and O–H groups in total. The van der Waals surface area contributed by atoms with E-state index < -0.39 is 5.92 Å². The number of allylic oxidation sites excluding steroid dienone is 2. The number of aliphatic hydroxyl groups excluding tert-OH is 1. The van der Waals surface area contributed by atoms with E-state index in [1.54, 1.807) is 0 Å². The summed E-state index contributed by atoms with van der Waals surface area (Å²) in [6.45, 7) is 32.0. The molecule has 0 aliphatic heterocycles. The number of aryl methyl sites for hydroxylation is 2. The monoisotopic (exact) mass is 829 g/mol. The van der Waals surface area contributed by atoms with Crippen molar-refractivity contribution in [3.05, 3.63) is 158 Å². The lowest BCUT2D eigenvalue weighted by Gasteiger charge is -2.42. The van der Waals surface area contributed by atoms with Gasteiger partial charge in [0, 0.05) is 25.7 Å². The lowest BCUT2D eigenvalue weighted by Crippen LogP contribution is -2.34. The largest absolute Gasteiger partial charge is 0.512 e. The highest BCUT2D eigenvalue weighted by Gasteiger charge is 2.39. The fourth-order valence-electron chi connectivity index (χ4n) is 10.6. The SMILES string of the molecule is C=C(c1ccc(C2=C(O)CCCC2=O)cc1)c1cc2c(cc1C)C(C)(C)CCC2(C)C.C=C(c1ccc(C2C(=O)CCCC2=O)cc1)c1cc2c(cc1C)C(C)(C)CCC2(C)C. The van der Waals surface area contributed by atoms with E-state index in [2.05, 4.69) is 107 Å². The molecule has 4 aromatic carbocycles. The van der Waals surface area contributed by atoms with E-state index >= 15 is 0 Å². The summed E-state index contributed by atoms with van der Waals surface area (Å²) in [4.78, 5) is 36.9. The minimum Gasteiger partial charge on any atom is -0.512 e. The highest BCUT2D eigenvalue weighted by molar-refractivity contribution is 6.22. The Hall–Kier alpha value is -5.09. The van der Waals surface area contributed by atoms with Crippen LogP contribution in [0.3, 0.4) is 0 Å². The zero-order valence-corrected chi connectivity index (χ0v) is 39.2. The van der Waals surface area contributed by atoms with Crippen LogP contribution in [0.2, 0.25) is 0 Å². The zero-order valence-electron chi connectivity index (χ0n) is 39.2. The van der Waals surface area contributed by atoms with E-state index in [0.717, 1.165) is 39.8 Å². The highest BCUT2D eigenvalue weighted by Crippen LogP contribution is 2.49. The number of rotatable bonds is 6. The number of carbonyl (C=O) groups excluding carboxylic acids is 3. The first kappa shape index (κ1) is 44.9. The number of benzene rings is 4. The van der Waals surface area contributed by atoms with E-state index in [1.165, 1.54) is 70.2 Å². The maximum absolute atomic E-state index is 12.3. The average Bonchev–Trinajstić information content (AvgIpc) is 3.21. The standard InChI is InChI=1S/2C29H34O2/c2*1-18-16-23-24(29(5,6)15-14-28(23,3)4)17-22(18)19(2)20-10-12-21(13-11-20)27-25(30)8-7-9-26(27)31/h10-13,16-17,30H,2,7-9,14-15H2,1,3-6H3;10-13,16-17,27H,2,7-9,14-15H2,1,3-6H3. The third-order valence-electron chi connectivity index (χ3n) is 15.0. The van der Waals surface area contributed by atoms with Gasteiger partial charge in [0.15, 0.2) is 5.78 Å². The fourth-order valence-corrected chi connectivity index (χ4v) is 10.6. The molecule has 4 aliphatic rings. The Kier molecular flexibility index (Phi) is 12.0. The van der Waals surface area contributed by atoms with Gasteiger partial charge >= 0.3 is 0 Å². The predicted octanol–water partition coefficient (Wildman–Crippen LogP) is 14.2. The van der Waals surface area contributed by atoms with Gasteiger partial charge in [-0.25, -0.2) is 0 Å². The van der Waals surface area contributed by atoms with Crippen molar-refractivity contribution in [2.24, 2.45) is 0 Å². The van der Waals surface area contributed by atoms with Crippen molar-refractivity contribution in [1.29, 1.82) is 0 Å². The van der Waals surface area contributed by atoms with Crippen molar-refractivity contribution >= 4 is 34.1 Å². The van der Waals surface area contributed by atoms with Gasteiger partial charge in [0.2, 0.25) is 0 Å². The number of ketones is 3. The Balaban J connectivity index is 0.000000186. The number of hydrogen-bond donors (Lipinski definition) is 1. The van der Waals surface area contributed by atoms with Gasteiger partial charge in [0.1, 0.15) is 23.2 Å². The van der Waals surface area contributed by atoms with Crippen LogP contribution in [-0.4, -0.2) is 22.5 Å². The number of hydrogen-bond acceptors (Lipinski definition) is 4. The Morgan fingerprint density at radius 1 is 0.532 bits per heavy atom. The Labute approximate surface area is 371 Å². The molecule has 4 heteroatoms. The molecule has 0 atom stereocenters. The average molecular weight is 829 g/mol. The van der Waals surface area contributed by atoms with Crippen molar-refractivity contribution in [2.75, 3.05) is 0 Å². The molecule has 0 bridgehead atoms. The summed E-state index contributed by atoms with van der Waals surface area (Å²) in [5.74, 6) is -0.218. The first-order chi connectivity index (χ1) is 29.0. The van der Waals surface area contributed by atoms with Gasteiger partial charge in [-0.1, -0.05) is 141 Å². The van der Waals surface area contributed by atoms with E-state index in [1.807, 2.05) is 48.5 Å². The maximum atomic E-state index is 12.3. The summed E-state index contributed by atoms with van der Waals surface area (Å²) in [6.07, 6.45) is 8.29. The molecule has 0 aromatic heterocycles. The molecule has 1 fully saturated rings. The number of Topliss-reactive ketones (excluding diaryl/α,β-unsaturated/α-hetero) is 3. The highest BCUT2D eigenvalue weighted by atomic mass is 16.3. The van der Waals surface area contributed by atoms with Crippen molar-refractivity contribution in [2.45, 2.75) is 161 Å². The Morgan fingerprint density at radius 2 is 0.903 bits per heavy atom. The molecule has 0 saturated heterocycles. The molecule has 8 rings (SSSR count). The topological polar surface area (TPSA) is 71.4 Å². The third-order valence-corrected chi connectivity index (χ3v) is 15.0. The molecular weight excluding hydrogens is 761 g/mol. The van der Waals surface area contributed by atoms with Crippen LogP contribution in [0.4, 0.5) is 0 Å². The molecule has 1 saturated carbocycles. The molecule has 324 valence electrons. The van der Waals surface area contributed by atoms with Crippen LogP contribution in [-0.2, 0) is 36.0 Å². The van der Waals surface area contributed by atoms with Crippen LogP contribution in [0.15, 0.2) is 91.7 Å². The Morgan fingerprint density at radius 3 is 1.31 bits per heavy atom. The van der Waals surface area contributed by atoms with Crippen molar-refractivity contribution in [3.8, 4) is 0 Å². The lowest BCUT2D eigenvalue weighted by atomic mass is 9.62. The molecule has 0 amide bonds. The van der Waals surface area contributed by atoms with Gasteiger partial charge in [-0.3, -0.25) is 14.4 Å². The molecule has 0 spiro atoms. The minimum absolute atomic E-state index is 0.0331. The van der Waals surface area contributed by atoms with Gasteiger partial charge in [0.25, 0.3) is 0 Å². The summed E-state index contributed by atoms with van der Waals surface area (Å²) < 4.78 is 0. The molecular formula is C58H68O4. The van der Waals surface area contributed by atoms with E-state index in [-0.39, 0.29) is 44.8 Å². The second kappa shape index (κ2) is 16.6. The normalized spacial score (nSPS) is 20.1. The number of aliphatic hydroxyl groups is 1. The maximum Gasteiger partial charge on any atom is 0.166 e. The van der Waals surface area contributed by atoms with Crippen LogP contribution in [0.25, 0.3) is 16.7 Å². The van der Waals surface area contributed by atoms with Crippen molar-refractivity contribution in [3.63, 3.8) is 0 Å². The van der Waals surface area contributed by atoms with Crippen LogP contribution in [0, 0.1) is 13.8 Å². The summed E-state index contributed by atoms with van der Waals surface area (Å²) in [6, 6.07) is 25.3. The first-order valence-electron chi connectivity index (χ1n) is 22.9. The third kappa shape index (κ3) is 8.51. The van der Waals surface area contributed by atoms with Gasteiger partial charge in [-0.15, -0.1) is 0 Å². The summed E-state index contributed by atoms with van der Waals surface area (Å²) in [5, 5.41) is 10.2. The minimum atomic E-state index is -0.579. The van der Waals surface area contributed by atoms with E-state index in [0.29, 0.717) is 37.7 Å². The summed E-state index contributed by atoms with van der Waals surface area (Å²) in [7, 11) is 0. The van der Waals surface area contributed by atoms with E-state index in [9.17, 15) is 19.5 Å².